The van der Waals surface area contributed by atoms with E-state index >= 15 is 0 Å². The molecular formula is C15H22N2O3S. The summed E-state index contributed by atoms with van der Waals surface area (Å²) in [7, 11) is 0. The molecule has 2 heterocycles. The van der Waals surface area contributed by atoms with Gasteiger partial charge in [-0.2, -0.15) is 11.3 Å². The maximum atomic E-state index is 12.2. The Hall–Kier alpha value is -1.56. The molecule has 0 aliphatic carbocycles. The molecule has 1 aromatic rings. The zero-order valence-electron chi connectivity index (χ0n) is 12.2. The molecule has 1 fully saturated rings. The monoisotopic (exact) mass is 310 g/mol. The Bertz CT molecular complexity index is 475. The molecule has 116 valence electrons. The first kappa shape index (κ1) is 15.8. The summed E-state index contributed by atoms with van der Waals surface area (Å²) in [5.41, 5.74) is 1.19. The van der Waals surface area contributed by atoms with Crippen molar-refractivity contribution < 1.29 is 14.7 Å². The van der Waals surface area contributed by atoms with Crippen LogP contribution in [0.25, 0.3) is 0 Å². The molecule has 2 atom stereocenters. The number of thiophene rings is 1. The standard InChI is InChI=1S/C15H22N2O3S/c1-2-11-4-7-17(13(9-11)14(18)19)15(20)16-6-3-12-5-8-21-10-12/h5,8,10-11,13H,2-4,6-7,9H2,1H3,(H,16,20)(H,18,19). The van der Waals surface area contributed by atoms with Crippen LogP contribution in [-0.4, -0.2) is 41.1 Å². The van der Waals surface area contributed by atoms with Gasteiger partial charge in [0.2, 0.25) is 0 Å². The number of urea groups is 1. The van der Waals surface area contributed by atoms with E-state index in [0.29, 0.717) is 25.4 Å². The van der Waals surface area contributed by atoms with Crippen LogP contribution in [0.5, 0.6) is 0 Å². The van der Waals surface area contributed by atoms with Crippen molar-refractivity contribution in [3.8, 4) is 0 Å². The van der Waals surface area contributed by atoms with Crippen LogP contribution in [0.2, 0.25) is 0 Å². The van der Waals surface area contributed by atoms with E-state index in [4.69, 9.17) is 0 Å². The predicted molar refractivity (Wildman–Crippen MR) is 82.6 cm³/mol. The summed E-state index contributed by atoms with van der Waals surface area (Å²) < 4.78 is 0. The van der Waals surface area contributed by atoms with Gasteiger partial charge >= 0.3 is 12.0 Å². The molecule has 0 aromatic carbocycles. The lowest BCUT2D eigenvalue weighted by atomic mass is 9.89. The number of hydrogen-bond donors (Lipinski definition) is 2. The quantitative estimate of drug-likeness (QED) is 0.878. The SMILES string of the molecule is CCC1CCN(C(=O)NCCc2ccsc2)C(C(=O)O)C1. The van der Waals surface area contributed by atoms with Gasteiger partial charge in [-0.3, -0.25) is 0 Å². The summed E-state index contributed by atoms with van der Waals surface area (Å²) in [6.45, 7) is 3.13. The van der Waals surface area contributed by atoms with Crippen LogP contribution in [0.3, 0.4) is 0 Å². The van der Waals surface area contributed by atoms with Gasteiger partial charge < -0.3 is 15.3 Å². The van der Waals surface area contributed by atoms with Crippen molar-refractivity contribution in [2.75, 3.05) is 13.1 Å². The first-order chi connectivity index (χ1) is 10.1. The van der Waals surface area contributed by atoms with Crippen molar-refractivity contribution >= 4 is 23.3 Å². The number of nitrogens with zero attached hydrogens (tertiary/aromatic N) is 1. The third kappa shape index (κ3) is 4.20. The van der Waals surface area contributed by atoms with Crippen molar-refractivity contribution in [1.29, 1.82) is 0 Å². The number of rotatable bonds is 5. The minimum absolute atomic E-state index is 0.257. The summed E-state index contributed by atoms with van der Waals surface area (Å²) >= 11 is 1.63. The predicted octanol–water partition coefficient (Wildman–Crippen LogP) is 2.58. The Morgan fingerprint density at radius 1 is 1.52 bits per heavy atom. The van der Waals surface area contributed by atoms with Crippen molar-refractivity contribution in [2.24, 2.45) is 5.92 Å². The summed E-state index contributed by atoms with van der Waals surface area (Å²) in [5, 5.41) is 16.2. The molecule has 0 bridgehead atoms. The number of hydrogen-bond acceptors (Lipinski definition) is 3. The number of carbonyl (C=O) groups excluding carboxylic acids is 1. The Kier molecular flexibility index (Phi) is 5.61. The highest BCUT2D eigenvalue weighted by molar-refractivity contribution is 7.07. The topological polar surface area (TPSA) is 69.6 Å². The molecule has 6 heteroatoms. The van der Waals surface area contributed by atoms with E-state index in [1.165, 1.54) is 10.5 Å². The van der Waals surface area contributed by atoms with Crippen LogP contribution in [0.15, 0.2) is 16.8 Å². The summed E-state index contributed by atoms with van der Waals surface area (Å²) in [5.74, 6) is -0.498. The number of amides is 2. The maximum Gasteiger partial charge on any atom is 0.326 e. The van der Waals surface area contributed by atoms with Crippen LogP contribution >= 0.6 is 11.3 Å². The van der Waals surface area contributed by atoms with Gasteiger partial charge in [0.25, 0.3) is 0 Å². The molecule has 2 N–H and O–H groups in total. The van der Waals surface area contributed by atoms with Gasteiger partial charge in [-0.15, -0.1) is 0 Å². The molecule has 0 saturated carbocycles. The molecule has 2 amide bonds. The lowest BCUT2D eigenvalue weighted by Gasteiger charge is -2.36. The number of carboxylic acid groups (broad SMARTS) is 1. The fourth-order valence-electron chi connectivity index (χ4n) is 2.74. The minimum Gasteiger partial charge on any atom is -0.480 e. The van der Waals surface area contributed by atoms with Gasteiger partial charge in [-0.25, -0.2) is 9.59 Å². The highest BCUT2D eigenvalue weighted by Gasteiger charge is 2.35. The lowest BCUT2D eigenvalue weighted by molar-refractivity contribution is -0.144. The number of aliphatic carboxylic acids is 1. The lowest BCUT2D eigenvalue weighted by Crippen LogP contribution is -2.53. The largest absolute Gasteiger partial charge is 0.480 e. The number of likely N-dealkylation sites (tertiary alicyclic amines) is 1. The minimum atomic E-state index is -0.902. The van der Waals surface area contributed by atoms with Gasteiger partial charge in [0.05, 0.1) is 0 Å². The number of piperidine rings is 1. The molecule has 1 aliphatic rings. The fraction of sp³-hybridized carbons (Fsp3) is 0.600. The molecule has 1 saturated heterocycles. The molecular weight excluding hydrogens is 288 g/mol. The van der Waals surface area contributed by atoms with Crippen molar-refractivity contribution in [3.63, 3.8) is 0 Å². The normalized spacial score (nSPS) is 22.0. The Morgan fingerprint density at radius 3 is 2.95 bits per heavy atom. The highest BCUT2D eigenvalue weighted by atomic mass is 32.1. The van der Waals surface area contributed by atoms with Gasteiger partial charge in [-0.1, -0.05) is 13.3 Å². The Morgan fingerprint density at radius 2 is 2.33 bits per heavy atom. The van der Waals surface area contributed by atoms with Crippen LogP contribution < -0.4 is 5.32 Å². The van der Waals surface area contributed by atoms with E-state index in [-0.39, 0.29) is 6.03 Å². The third-order valence-electron chi connectivity index (χ3n) is 4.10. The van der Waals surface area contributed by atoms with Crippen molar-refractivity contribution in [2.45, 2.75) is 38.6 Å². The second kappa shape index (κ2) is 7.45. The van der Waals surface area contributed by atoms with E-state index in [1.807, 2.05) is 11.4 Å². The van der Waals surface area contributed by atoms with E-state index in [9.17, 15) is 14.7 Å². The zero-order chi connectivity index (χ0) is 15.2. The number of carbonyl (C=O) groups is 2. The van der Waals surface area contributed by atoms with Gasteiger partial charge in [-0.05, 0) is 47.6 Å². The first-order valence-electron chi connectivity index (χ1n) is 7.40. The van der Waals surface area contributed by atoms with Crippen molar-refractivity contribution in [3.05, 3.63) is 22.4 Å². The summed E-state index contributed by atoms with van der Waals surface area (Å²) in [6, 6.07) is 1.08. The second-order valence-corrected chi connectivity index (χ2v) is 6.24. The third-order valence-corrected chi connectivity index (χ3v) is 4.84. The second-order valence-electron chi connectivity index (χ2n) is 5.46. The molecule has 0 spiro atoms. The molecule has 5 nitrogen and oxygen atoms in total. The van der Waals surface area contributed by atoms with E-state index < -0.39 is 12.0 Å². The van der Waals surface area contributed by atoms with Crippen LogP contribution in [-0.2, 0) is 11.2 Å². The molecule has 21 heavy (non-hydrogen) atoms. The van der Waals surface area contributed by atoms with Crippen LogP contribution in [0.1, 0.15) is 31.7 Å². The molecule has 1 aromatic heterocycles. The molecule has 2 rings (SSSR count). The van der Waals surface area contributed by atoms with Gasteiger partial charge in [0.1, 0.15) is 6.04 Å². The van der Waals surface area contributed by atoms with E-state index in [1.54, 1.807) is 11.3 Å². The number of carboxylic acids is 1. The van der Waals surface area contributed by atoms with Gasteiger partial charge in [0.15, 0.2) is 0 Å². The average Bonchev–Trinajstić information content (AvgIpc) is 2.99. The molecule has 2 unspecified atom stereocenters. The fourth-order valence-corrected chi connectivity index (χ4v) is 3.44. The molecule has 1 aliphatic heterocycles. The maximum absolute atomic E-state index is 12.2. The number of nitrogens with one attached hydrogen (secondary N) is 1. The smallest absolute Gasteiger partial charge is 0.326 e. The average molecular weight is 310 g/mol. The van der Waals surface area contributed by atoms with Gasteiger partial charge in [0, 0.05) is 13.1 Å². The van der Waals surface area contributed by atoms with Crippen molar-refractivity contribution in [1.82, 2.24) is 10.2 Å². The summed E-state index contributed by atoms with van der Waals surface area (Å²) in [6.07, 6.45) is 3.19. The first-order valence-corrected chi connectivity index (χ1v) is 8.34. The van der Waals surface area contributed by atoms with E-state index in [2.05, 4.69) is 17.6 Å². The Balaban J connectivity index is 1.86. The Labute approximate surface area is 129 Å². The van der Waals surface area contributed by atoms with E-state index in [0.717, 1.165) is 19.3 Å². The van der Waals surface area contributed by atoms with Crippen LogP contribution in [0.4, 0.5) is 4.79 Å². The highest BCUT2D eigenvalue weighted by Crippen LogP contribution is 2.25. The van der Waals surface area contributed by atoms with Crippen LogP contribution in [0, 0.1) is 5.92 Å². The zero-order valence-corrected chi connectivity index (χ0v) is 13.1. The summed E-state index contributed by atoms with van der Waals surface area (Å²) in [4.78, 5) is 25.0. The molecule has 0 radical (unpaired) electrons.